The lowest BCUT2D eigenvalue weighted by Crippen LogP contribution is -2.29. The maximum absolute atomic E-state index is 12.6. The largest absolute Gasteiger partial charge is 0.506 e. The number of halogens is 1. The minimum absolute atomic E-state index is 0.0719. The maximum Gasteiger partial charge on any atom is 0.299 e. The number of anilines is 1. The van der Waals surface area contributed by atoms with Crippen LogP contribution in [-0.2, 0) is 10.2 Å². The van der Waals surface area contributed by atoms with Crippen LogP contribution in [0.3, 0.4) is 0 Å². The van der Waals surface area contributed by atoms with Gasteiger partial charge in [-0.3, -0.25) is 4.72 Å². The highest BCUT2D eigenvalue weighted by Gasteiger charge is 2.11. The van der Waals surface area contributed by atoms with Gasteiger partial charge in [0, 0.05) is 12.6 Å². The Morgan fingerprint density at radius 3 is 2.67 bits per heavy atom. The van der Waals surface area contributed by atoms with Gasteiger partial charge in [0.2, 0.25) is 0 Å². The predicted molar refractivity (Wildman–Crippen MR) is 54.3 cm³/mol. The fourth-order valence-electron chi connectivity index (χ4n) is 0.962. The van der Waals surface area contributed by atoms with Crippen LogP contribution in [0.15, 0.2) is 18.2 Å². The lowest BCUT2D eigenvalue weighted by Gasteiger charge is -2.09. The van der Waals surface area contributed by atoms with Crippen molar-refractivity contribution in [1.29, 1.82) is 0 Å². The summed E-state index contributed by atoms with van der Waals surface area (Å²) in [5.41, 5.74) is -0.0719. The van der Waals surface area contributed by atoms with Gasteiger partial charge in [-0.15, -0.1) is 0 Å². The Morgan fingerprint density at radius 2 is 2.13 bits per heavy atom. The summed E-state index contributed by atoms with van der Waals surface area (Å²) in [5, 5.41) is 9.23. The summed E-state index contributed by atoms with van der Waals surface area (Å²) in [6.45, 7) is 1.83. The standard InChI is InChI=1S/C8H11FN2O3S/c1-2-10-15(13,14)11-7-4-3-6(9)5-8(7)12/h3-5,10-12H,2H2,1H3. The number of hydrogen-bond acceptors (Lipinski definition) is 3. The molecular weight excluding hydrogens is 223 g/mol. The first kappa shape index (κ1) is 11.7. The van der Waals surface area contributed by atoms with E-state index in [0.717, 1.165) is 18.2 Å². The second-order valence-electron chi connectivity index (χ2n) is 2.76. The van der Waals surface area contributed by atoms with Crippen molar-refractivity contribution in [1.82, 2.24) is 4.72 Å². The molecule has 0 amide bonds. The first-order chi connectivity index (χ1) is 6.94. The Bertz CT molecular complexity index is 447. The van der Waals surface area contributed by atoms with Gasteiger partial charge in [0.15, 0.2) is 0 Å². The van der Waals surface area contributed by atoms with Crippen molar-refractivity contribution in [2.75, 3.05) is 11.3 Å². The highest BCUT2D eigenvalue weighted by Crippen LogP contribution is 2.23. The second-order valence-corrected chi connectivity index (χ2v) is 4.26. The molecule has 0 bridgehead atoms. The van der Waals surface area contributed by atoms with Gasteiger partial charge in [-0.25, -0.2) is 4.39 Å². The molecule has 0 fully saturated rings. The van der Waals surface area contributed by atoms with E-state index in [2.05, 4.69) is 9.44 Å². The van der Waals surface area contributed by atoms with E-state index < -0.39 is 21.8 Å². The van der Waals surface area contributed by atoms with Crippen LogP contribution in [0.25, 0.3) is 0 Å². The number of phenolic OH excluding ortho intramolecular Hbond substituents is 1. The van der Waals surface area contributed by atoms with E-state index in [4.69, 9.17) is 0 Å². The zero-order valence-electron chi connectivity index (χ0n) is 7.99. The van der Waals surface area contributed by atoms with Crippen LogP contribution in [0.2, 0.25) is 0 Å². The number of hydrogen-bond donors (Lipinski definition) is 3. The van der Waals surface area contributed by atoms with Crippen LogP contribution < -0.4 is 9.44 Å². The zero-order chi connectivity index (χ0) is 11.5. The number of benzene rings is 1. The summed E-state index contributed by atoms with van der Waals surface area (Å²) < 4.78 is 39.2. The minimum atomic E-state index is -3.70. The van der Waals surface area contributed by atoms with Crippen LogP contribution in [0.5, 0.6) is 5.75 Å². The summed E-state index contributed by atoms with van der Waals surface area (Å²) in [6.07, 6.45) is 0. The molecule has 0 aliphatic heterocycles. The molecule has 84 valence electrons. The Morgan fingerprint density at radius 1 is 1.47 bits per heavy atom. The van der Waals surface area contributed by atoms with E-state index in [1.54, 1.807) is 6.92 Å². The SMILES string of the molecule is CCNS(=O)(=O)Nc1ccc(F)cc1O. The third kappa shape index (κ3) is 3.37. The first-order valence-corrected chi connectivity index (χ1v) is 5.69. The Kier molecular flexibility index (Phi) is 3.48. The quantitative estimate of drug-likeness (QED) is 0.674. The molecule has 0 radical (unpaired) electrons. The van der Waals surface area contributed by atoms with E-state index in [1.807, 2.05) is 0 Å². The first-order valence-electron chi connectivity index (χ1n) is 4.20. The van der Waals surface area contributed by atoms with Gasteiger partial charge >= 0.3 is 0 Å². The smallest absolute Gasteiger partial charge is 0.299 e. The van der Waals surface area contributed by atoms with Crippen LogP contribution in [0.1, 0.15) is 6.92 Å². The third-order valence-corrected chi connectivity index (χ3v) is 2.70. The van der Waals surface area contributed by atoms with Crippen molar-refractivity contribution in [3.05, 3.63) is 24.0 Å². The molecule has 0 heterocycles. The van der Waals surface area contributed by atoms with Crippen LogP contribution in [0.4, 0.5) is 10.1 Å². The predicted octanol–water partition coefficient (Wildman–Crippen LogP) is 0.797. The molecule has 0 saturated heterocycles. The number of aromatic hydroxyl groups is 1. The molecule has 0 spiro atoms. The Balaban J connectivity index is 2.90. The van der Waals surface area contributed by atoms with Gasteiger partial charge < -0.3 is 5.11 Å². The van der Waals surface area contributed by atoms with Gasteiger partial charge in [-0.2, -0.15) is 13.1 Å². The summed E-state index contributed by atoms with van der Waals surface area (Å²) in [4.78, 5) is 0. The molecule has 15 heavy (non-hydrogen) atoms. The van der Waals surface area contributed by atoms with Crippen molar-refractivity contribution in [3.63, 3.8) is 0 Å². The van der Waals surface area contributed by atoms with Gasteiger partial charge in [-0.05, 0) is 12.1 Å². The zero-order valence-corrected chi connectivity index (χ0v) is 8.81. The van der Waals surface area contributed by atoms with Crippen molar-refractivity contribution in [2.45, 2.75) is 6.92 Å². The molecule has 0 saturated carbocycles. The number of rotatable bonds is 4. The van der Waals surface area contributed by atoms with Gasteiger partial charge in [0.25, 0.3) is 10.2 Å². The molecule has 0 aliphatic rings. The van der Waals surface area contributed by atoms with E-state index in [0.29, 0.717) is 0 Å². The topological polar surface area (TPSA) is 78.4 Å². The minimum Gasteiger partial charge on any atom is -0.506 e. The van der Waals surface area contributed by atoms with Gasteiger partial charge in [0.05, 0.1) is 5.69 Å². The normalized spacial score (nSPS) is 11.3. The van der Waals surface area contributed by atoms with Crippen LogP contribution in [-0.4, -0.2) is 20.1 Å². The van der Waals surface area contributed by atoms with E-state index in [-0.39, 0.29) is 12.2 Å². The molecule has 0 aromatic heterocycles. The van der Waals surface area contributed by atoms with Crippen molar-refractivity contribution >= 4 is 15.9 Å². The summed E-state index contributed by atoms with van der Waals surface area (Å²) >= 11 is 0. The lowest BCUT2D eigenvalue weighted by molar-refractivity contribution is 0.471. The second kappa shape index (κ2) is 4.45. The summed E-state index contributed by atoms with van der Waals surface area (Å²) in [7, 11) is -3.70. The lowest BCUT2D eigenvalue weighted by atomic mass is 10.3. The fourth-order valence-corrected chi connectivity index (χ4v) is 1.88. The Labute approximate surface area is 87.1 Å². The van der Waals surface area contributed by atoms with E-state index in [9.17, 15) is 17.9 Å². The molecule has 7 heteroatoms. The maximum atomic E-state index is 12.6. The van der Waals surface area contributed by atoms with Gasteiger partial charge in [-0.1, -0.05) is 6.92 Å². The van der Waals surface area contributed by atoms with Crippen molar-refractivity contribution in [2.24, 2.45) is 0 Å². The average molecular weight is 234 g/mol. The van der Waals surface area contributed by atoms with Crippen molar-refractivity contribution < 1.29 is 17.9 Å². The fraction of sp³-hybridized carbons (Fsp3) is 0.250. The highest BCUT2D eigenvalue weighted by molar-refractivity contribution is 7.90. The summed E-state index contributed by atoms with van der Waals surface area (Å²) in [6, 6.07) is 3.01. The molecule has 5 nitrogen and oxygen atoms in total. The van der Waals surface area contributed by atoms with Crippen molar-refractivity contribution in [3.8, 4) is 5.75 Å². The molecule has 0 unspecified atom stereocenters. The third-order valence-electron chi connectivity index (χ3n) is 1.54. The molecule has 1 aromatic rings. The van der Waals surface area contributed by atoms with E-state index in [1.165, 1.54) is 0 Å². The highest BCUT2D eigenvalue weighted by atomic mass is 32.2. The molecule has 1 aromatic carbocycles. The average Bonchev–Trinajstić information content (AvgIpc) is 2.09. The van der Waals surface area contributed by atoms with Crippen LogP contribution in [0, 0.1) is 5.82 Å². The monoisotopic (exact) mass is 234 g/mol. The Hall–Kier alpha value is -1.34. The number of nitrogens with one attached hydrogen (secondary N) is 2. The summed E-state index contributed by atoms with van der Waals surface area (Å²) in [5.74, 6) is -1.10. The molecule has 3 N–H and O–H groups in total. The molecule has 0 aliphatic carbocycles. The molecule has 0 atom stereocenters. The molecular formula is C8H11FN2O3S. The van der Waals surface area contributed by atoms with Gasteiger partial charge in [0.1, 0.15) is 11.6 Å². The van der Waals surface area contributed by atoms with E-state index >= 15 is 0 Å². The number of phenols is 1. The van der Waals surface area contributed by atoms with Crippen LogP contribution >= 0.6 is 0 Å². The molecule has 1 rings (SSSR count).